The minimum absolute atomic E-state index is 0.283. The molecule has 1 amide bonds. The third kappa shape index (κ3) is 4.94. The highest BCUT2D eigenvalue weighted by Gasteiger charge is 2.16. The standard InChI is InChI=1S/C19H20ClN5O4/c1-12(19(27)28)29-16-5-4-13(9-15(16)20)18-22-6-8-25(18)14-10-23-24(11-14)7-2-3-17(21)26/h4-6,8-12H,2-3,7H2,1H3,(H2,21,26)(H,27,28). The number of carboxylic acid groups (broad SMARTS) is 1. The maximum atomic E-state index is 11.0. The SMILES string of the molecule is CC(Oc1ccc(-c2nccn2-c2cnn(CCCC(N)=O)c2)cc1Cl)C(=O)O. The smallest absolute Gasteiger partial charge is 0.344 e. The largest absolute Gasteiger partial charge is 0.479 e. The Morgan fingerprint density at radius 1 is 1.38 bits per heavy atom. The number of imidazole rings is 1. The van der Waals surface area contributed by atoms with Gasteiger partial charge in [0.25, 0.3) is 0 Å². The maximum absolute atomic E-state index is 11.0. The Hall–Kier alpha value is -3.33. The Labute approximate surface area is 171 Å². The zero-order valence-electron chi connectivity index (χ0n) is 15.7. The Balaban J connectivity index is 1.80. The molecule has 0 saturated carbocycles. The molecule has 0 fully saturated rings. The monoisotopic (exact) mass is 417 g/mol. The van der Waals surface area contributed by atoms with Crippen LogP contribution in [0.2, 0.25) is 5.02 Å². The van der Waals surface area contributed by atoms with Gasteiger partial charge in [0.05, 0.1) is 16.9 Å². The molecule has 9 nitrogen and oxygen atoms in total. The van der Waals surface area contributed by atoms with Crippen LogP contribution in [0.1, 0.15) is 19.8 Å². The molecular weight excluding hydrogens is 398 g/mol. The molecule has 2 aromatic heterocycles. The van der Waals surface area contributed by atoms with Crippen LogP contribution in [0.4, 0.5) is 0 Å². The summed E-state index contributed by atoms with van der Waals surface area (Å²) in [6.45, 7) is 2.01. The summed E-state index contributed by atoms with van der Waals surface area (Å²) in [4.78, 5) is 26.2. The number of rotatable bonds is 9. The van der Waals surface area contributed by atoms with E-state index in [0.29, 0.717) is 25.2 Å². The van der Waals surface area contributed by atoms with Gasteiger partial charge in [0.2, 0.25) is 5.91 Å². The molecule has 1 unspecified atom stereocenters. The molecule has 152 valence electrons. The lowest BCUT2D eigenvalue weighted by molar-refractivity contribution is -0.144. The van der Waals surface area contributed by atoms with Gasteiger partial charge < -0.3 is 15.6 Å². The predicted octanol–water partition coefficient (Wildman–Crippen LogP) is 2.51. The number of carboxylic acids is 1. The van der Waals surface area contributed by atoms with E-state index in [1.807, 2.05) is 10.8 Å². The molecule has 0 aliphatic heterocycles. The Morgan fingerprint density at radius 2 is 2.17 bits per heavy atom. The molecule has 10 heteroatoms. The molecule has 1 aromatic carbocycles. The number of carbonyl (C=O) groups excluding carboxylic acids is 1. The fourth-order valence-corrected chi connectivity index (χ4v) is 2.94. The molecule has 29 heavy (non-hydrogen) atoms. The van der Waals surface area contributed by atoms with E-state index in [9.17, 15) is 9.59 Å². The van der Waals surface area contributed by atoms with E-state index >= 15 is 0 Å². The Kier molecular flexibility index (Phi) is 6.18. The number of aryl methyl sites for hydroxylation is 1. The molecule has 0 aliphatic carbocycles. The van der Waals surface area contributed by atoms with Crippen molar-refractivity contribution in [2.45, 2.75) is 32.4 Å². The molecule has 0 aliphatic rings. The summed E-state index contributed by atoms with van der Waals surface area (Å²) in [5, 5.41) is 13.6. The van der Waals surface area contributed by atoms with Gasteiger partial charge in [-0.3, -0.25) is 14.0 Å². The molecular formula is C19H20ClN5O4. The zero-order valence-corrected chi connectivity index (χ0v) is 16.4. The van der Waals surface area contributed by atoms with E-state index in [-0.39, 0.29) is 16.7 Å². The minimum atomic E-state index is -1.08. The highest BCUT2D eigenvalue weighted by molar-refractivity contribution is 6.32. The van der Waals surface area contributed by atoms with E-state index in [4.69, 9.17) is 27.2 Å². The average Bonchev–Trinajstić information content (AvgIpc) is 3.32. The number of hydrogen-bond acceptors (Lipinski definition) is 5. The van der Waals surface area contributed by atoms with Gasteiger partial charge in [-0.2, -0.15) is 5.10 Å². The van der Waals surface area contributed by atoms with Crippen LogP contribution < -0.4 is 10.5 Å². The van der Waals surface area contributed by atoms with Gasteiger partial charge in [-0.15, -0.1) is 0 Å². The maximum Gasteiger partial charge on any atom is 0.344 e. The number of ether oxygens (including phenoxy) is 1. The van der Waals surface area contributed by atoms with Crippen LogP contribution in [0.15, 0.2) is 43.0 Å². The number of carbonyl (C=O) groups is 2. The van der Waals surface area contributed by atoms with Crippen molar-refractivity contribution in [1.29, 1.82) is 0 Å². The minimum Gasteiger partial charge on any atom is -0.479 e. The third-order valence-electron chi connectivity index (χ3n) is 4.19. The lowest BCUT2D eigenvalue weighted by Crippen LogP contribution is -2.22. The van der Waals surface area contributed by atoms with Crippen LogP contribution >= 0.6 is 11.6 Å². The molecule has 0 bridgehead atoms. The molecule has 3 aromatic rings. The van der Waals surface area contributed by atoms with Gasteiger partial charge in [-0.1, -0.05) is 11.6 Å². The number of primary amides is 1. The normalized spacial score (nSPS) is 11.9. The fourth-order valence-electron chi connectivity index (χ4n) is 2.72. The number of amides is 1. The second kappa shape index (κ2) is 8.78. The van der Waals surface area contributed by atoms with E-state index in [0.717, 1.165) is 11.3 Å². The average molecular weight is 418 g/mol. The van der Waals surface area contributed by atoms with E-state index in [1.165, 1.54) is 6.92 Å². The predicted molar refractivity (Wildman–Crippen MR) is 106 cm³/mol. The van der Waals surface area contributed by atoms with Crippen LogP contribution in [0, 0.1) is 0 Å². The fraction of sp³-hybridized carbons (Fsp3) is 0.263. The highest BCUT2D eigenvalue weighted by atomic mass is 35.5. The molecule has 0 spiro atoms. The van der Waals surface area contributed by atoms with Crippen LogP contribution in [0.25, 0.3) is 17.1 Å². The van der Waals surface area contributed by atoms with Gasteiger partial charge in [0, 0.05) is 37.1 Å². The lowest BCUT2D eigenvalue weighted by Gasteiger charge is -2.13. The van der Waals surface area contributed by atoms with Crippen molar-refractivity contribution >= 4 is 23.5 Å². The number of benzene rings is 1. The third-order valence-corrected chi connectivity index (χ3v) is 4.49. The first-order valence-electron chi connectivity index (χ1n) is 8.89. The summed E-state index contributed by atoms with van der Waals surface area (Å²) in [6, 6.07) is 5.04. The molecule has 1 atom stereocenters. The molecule has 3 N–H and O–H groups in total. The van der Waals surface area contributed by atoms with Gasteiger partial charge in [0.1, 0.15) is 11.6 Å². The summed E-state index contributed by atoms with van der Waals surface area (Å²) in [7, 11) is 0. The summed E-state index contributed by atoms with van der Waals surface area (Å²) < 4.78 is 8.93. The number of nitrogens with zero attached hydrogens (tertiary/aromatic N) is 4. The summed E-state index contributed by atoms with van der Waals surface area (Å²) in [6.07, 6.45) is 6.90. The number of halogens is 1. The van der Waals surface area contributed by atoms with Crippen molar-refractivity contribution < 1.29 is 19.4 Å². The first-order valence-corrected chi connectivity index (χ1v) is 9.27. The van der Waals surface area contributed by atoms with Crippen LogP contribution in [-0.4, -0.2) is 42.4 Å². The zero-order chi connectivity index (χ0) is 21.0. The molecule has 0 radical (unpaired) electrons. The van der Waals surface area contributed by atoms with Gasteiger partial charge in [-0.05, 0) is 31.5 Å². The second-order valence-corrected chi connectivity index (χ2v) is 6.80. The topological polar surface area (TPSA) is 125 Å². The first-order chi connectivity index (χ1) is 13.8. The Morgan fingerprint density at radius 3 is 2.86 bits per heavy atom. The molecule has 3 rings (SSSR count). The summed E-state index contributed by atoms with van der Waals surface area (Å²) >= 11 is 6.27. The van der Waals surface area contributed by atoms with Gasteiger partial charge in [0.15, 0.2) is 6.10 Å². The molecule has 0 saturated heterocycles. The highest BCUT2D eigenvalue weighted by Crippen LogP contribution is 2.31. The lowest BCUT2D eigenvalue weighted by atomic mass is 10.2. The van der Waals surface area contributed by atoms with Crippen LogP contribution in [-0.2, 0) is 16.1 Å². The van der Waals surface area contributed by atoms with Gasteiger partial charge in [-0.25, -0.2) is 9.78 Å². The number of hydrogen-bond donors (Lipinski definition) is 2. The summed E-state index contributed by atoms with van der Waals surface area (Å²) in [5.74, 6) is -0.489. The number of aliphatic carboxylic acids is 1. The van der Waals surface area contributed by atoms with Crippen LogP contribution in [0.5, 0.6) is 5.75 Å². The number of aromatic nitrogens is 4. The van der Waals surface area contributed by atoms with Crippen molar-refractivity contribution in [3.8, 4) is 22.8 Å². The van der Waals surface area contributed by atoms with E-state index in [2.05, 4.69) is 10.1 Å². The van der Waals surface area contributed by atoms with Crippen molar-refractivity contribution in [2.24, 2.45) is 5.73 Å². The van der Waals surface area contributed by atoms with E-state index in [1.54, 1.807) is 41.5 Å². The van der Waals surface area contributed by atoms with Crippen molar-refractivity contribution in [1.82, 2.24) is 19.3 Å². The van der Waals surface area contributed by atoms with Crippen LogP contribution in [0.3, 0.4) is 0 Å². The first kappa shape index (κ1) is 20.4. The Bertz CT molecular complexity index is 1030. The number of nitrogens with two attached hydrogens (primary N) is 1. The second-order valence-electron chi connectivity index (χ2n) is 6.40. The van der Waals surface area contributed by atoms with Crippen molar-refractivity contribution in [3.63, 3.8) is 0 Å². The van der Waals surface area contributed by atoms with E-state index < -0.39 is 12.1 Å². The van der Waals surface area contributed by atoms with Gasteiger partial charge >= 0.3 is 5.97 Å². The summed E-state index contributed by atoms with van der Waals surface area (Å²) in [5.41, 5.74) is 6.69. The quantitative estimate of drug-likeness (QED) is 0.551. The van der Waals surface area contributed by atoms with Crippen molar-refractivity contribution in [3.05, 3.63) is 48.0 Å². The molecule has 2 heterocycles. The van der Waals surface area contributed by atoms with Crippen molar-refractivity contribution in [2.75, 3.05) is 0 Å².